The van der Waals surface area contributed by atoms with Crippen LogP contribution >= 0.6 is 20.3 Å². The number of benzene rings is 2. The summed E-state index contributed by atoms with van der Waals surface area (Å²) in [4.78, 5) is 13.3. The Morgan fingerprint density at radius 2 is 1.43 bits per heavy atom. The molecule has 2 rings (SSSR count). The predicted octanol–water partition coefficient (Wildman–Crippen LogP) is 9.09. The van der Waals surface area contributed by atoms with Crippen molar-refractivity contribution in [2.75, 3.05) is 20.3 Å². The van der Waals surface area contributed by atoms with Crippen molar-refractivity contribution in [1.82, 2.24) is 5.32 Å². The van der Waals surface area contributed by atoms with Crippen LogP contribution in [-0.4, -0.2) is 54.7 Å². The molecule has 2 aromatic rings. The summed E-state index contributed by atoms with van der Waals surface area (Å²) in [5, 5.41) is 3.29. The highest BCUT2D eigenvalue weighted by Gasteiger charge is 2.58. The van der Waals surface area contributed by atoms with Gasteiger partial charge >= 0.3 is 20.8 Å². The van der Waals surface area contributed by atoms with Crippen molar-refractivity contribution < 1.29 is 42.3 Å². The number of alkyl carbamates (subject to hydrolysis) is 1. The molecule has 264 valence electrons. The smallest absolute Gasteiger partial charge is 0.408 e. The predicted molar refractivity (Wildman–Crippen MR) is 184 cm³/mol. The summed E-state index contributed by atoms with van der Waals surface area (Å²) in [5.74, 6) is -0.310. The summed E-state index contributed by atoms with van der Waals surface area (Å²) in [7, 11) is 0.835. The zero-order valence-electron chi connectivity index (χ0n) is 30.0. The van der Waals surface area contributed by atoms with Crippen LogP contribution < -0.4 is 19.5 Å². The molecule has 0 aliphatic heterocycles. The molecule has 1 N–H and O–H groups in total. The van der Waals surface area contributed by atoms with Crippen LogP contribution in [0.2, 0.25) is 5.02 Å². The maximum atomic E-state index is 13.3. The zero-order chi connectivity index (χ0) is 35.7. The molecule has 0 saturated carbocycles. The molecular weight excluding hydrogens is 645 g/mol. The monoisotopic (exact) mass is 697 g/mol. The second-order valence-electron chi connectivity index (χ2n) is 14.4. The molecule has 0 aliphatic rings. The molecular formula is C35H53ClNO9P. The molecule has 0 heterocycles. The molecule has 0 fully saturated rings. The second-order valence-corrected chi connectivity index (χ2v) is 15.1. The number of hydrogen-bond donors (Lipinski definition) is 1. The topological polar surface area (TPSA) is 111 Å². The van der Waals surface area contributed by atoms with E-state index in [1.54, 1.807) is 40.9 Å². The first kappa shape index (κ1) is 40.6. The van der Waals surface area contributed by atoms with Crippen molar-refractivity contribution in [3.05, 3.63) is 52.5 Å². The number of halogens is 1. The lowest BCUT2D eigenvalue weighted by molar-refractivity contribution is -0.423. The van der Waals surface area contributed by atoms with Crippen LogP contribution in [0.4, 0.5) is 4.79 Å². The van der Waals surface area contributed by atoms with Crippen LogP contribution in [0.5, 0.6) is 17.2 Å². The Labute approximate surface area is 287 Å². The molecule has 0 spiro atoms. The lowest BCUT2D eigenvalue weighted by Crippen LogP contribution is -2.69. The molecule has 0 aliphatic carbocycles. The van der Waals surface area contributed by atoms with Crippen LogP contribution in [0.15, 0.2) is 36.4 Å². The standard InChI is InChI=1S/C35H53ClNO9P/c1-13-41-26-16-14-24(15-17-26)19-21-42-29-27(36)22-25(23-28(29)40-12)18-20-34(11,37-30(38)43-31(2,3)4)35(46-47-39,44-32(5,6)7)45-33(8,9)10/h14-17,22-23H,13,18-21H2,1-12H3,(H,37,38)/t34-/m1/s1. The van der Waals surface area contributed by atoms with E-state index >= 15 is 0 Å². The maximum Gasteiger partial charge on any atom is 0.408 e. The Bertz CT molecular complexity index is 1300. The van der Waals surface area contributed by atoms with Crippen LogP contribution in [0.1, 0.15) is 93.7 Å². The molecule has 1 atom stereocenters. The quantitative estimate of drug-likeness (QED) is 0.136. The summed E-state index contributed by atoms with van der Waals surface area (Å²) in [6, 6.07) is 11.5. The SMILES string of the molecule is CCOc1ccc(CCOc2c(Cl)cc(CC[C@@](C)(NC(=O)OC(C)(C)C)C(OP=O)(OC(C)(C)C)OC(C)(C)C)cc2OC)cc1. The molecule has 0 unspecified atom stereocenters. The molecule has 12 heteroatoms. The van der Waals surface area contributed by atoms with Crippen molar-refractivity contribution in [3.63, 3.8) is 0 Å². The molecule has 2 aromatic carbocycles. The number of hydrogen-bond acceptors (Lipinski definition) is 9. The number of amides is 1. The number of carbonyl (C=O) groups is 1. The average molecular weight is 698 g/mol. The highest BCUT2D eigenvalue weighted by Crippen LogP contribution is 2.43. The molecule has 0 saturated heterocycles. The average Bonchev–Trinajstić information content (AvgIpc) is 2.91. The highest BCUT2D eigenvalue weighted by atomic mass is 35.5. The first-order valence-corrected chi connectivity index (χ1v) is 16.9. The second kappa shape index (κ2) is 16.7. The normalized spacial score (nSPS) is 14.0. The lowest BCUT2D eigenvalue weighted by Gasteiger charge is -2.50. The number of aryl methyl sites for hydroxylation is 1. The third-order valence-electron chi connectivity index (χ3n) is 6.57. The van der Waals surface area contributed by atoms with Gasteiger partial charge in [-0.3, -0.25) is 0 Å². The van der Waals surface area contributed by atoms with Gasteiger partial charge in [0, 0.05) is 6.42 Å². The van der Waals surface area contributed by atoms with Crippen LogP contribution in [-0.2, 0) is 36.1 Å². The first-order chi connectivity index (χ1) is 21.6. The zero-order valence-corrected chi connectivity index (χ0v) is 31.6. The van der Waals surface area contributed by atoms with Gasteiger partial charge in [-0.2, -0.15) is 0 Å². The van der Waals surface area contributed by atoms with Gasteiger partial charge in [-0.25, -0.2) is 13.9 Å². The molecule has 0 radical (unpaired) electrons. The molecule has 47 heavy (non-hydrogen) atoms. The Morgan fingerprint density at radius 3 is 1.91 bits per heavy atom. The van der Waals surface area contributed by atoms with Gasteiger partial charge in [0.2, 0.25) is 0 Å². The van der Waals surface area contributed by atoms with Gasteiger partial charge < -0.3 is 33.7 Å². The van der Waals surface area contributed by atoms with Gasteiger partial charge in [0.15, 0.2) is 11.5 Å². The van der Waals surface area contributed by atoms with Crippen LogP contribution in [0, 0.1) is 0 Å². The van der Waals surface area contributed by atoms with E-state index in [0.717, 1.165) is 16.9 Å². The van der Waals surface area contributed by atoms with E-state index in [2.05, 4.69) is 5.32 Å². The van der Waals surface area contributed by atoms with Gasteiger partial charge in [0.05, 0.1) is 36.5 Å². The Kier molecular flexibility index (Phi) is 14.4. The maximum absolute atomic E-state index is 13.3. The lowest BCUT2D eigenvalue weighted by atomic mass is 9.89. The number of nitrogens with one attached hydrogen (secondary N) is 1. The number of ether oxygens (including phenoxy) is 6. The number of methoxy groups -OCH3 is 1. The third kappa shape index (κ3) is 13.1. The molecule has 1 amide bonds. The van der Waals surface area contributed by atoms with Gasteiger partial charge in [0.25, 0.3) is 0 Å². The van der Waals surface area contributed by atoms with Crippen molar-refractivity contribution in [2.24, 2.45) is 0 Å². The van der Waals surface area contributed by atoms with E-state index < -0.39 is 43.1 Å². The van der Waals surface area contributed by atoms with Crippen molar-refractivity contribution in [1.29, 1.82) is 0 Å². The van der Waals surface area contributed by atoms with E-state index in [0.29, 0.717) is 42.6 Å². The minimum Gasteiger partial charge on any atom is -0.494 e. The van der Waals surface area contributed by atoms with Crippen molar-refractivity contribution >= 4 is 26.4 Å². The van der Waals surface area contributed by atoms with E-state index in [9.17, 15) is 9.36 Å². The van der Waals surface area contributed by atoms with E-state index in [4.69, 9.17) is 44.5 Å². The van der Waals surface area contributed by atoms with Crippen molar-refractivity contribution in [2.45, 2.75) is 124 Å². The Hall–Kier alpha value is -2.62. The fraction of sp³-hybridized carbons (Fsp3) is 0.629. The Morgan fingerprint density at radius 1 is 0.830 bits per heavy atom. The summed E-state index contributed by atoms with van der Waals surface area (Å²) < 4.78 is 53.6. The fourth-order valence-corrected chi connectivity index (χ4v) is 5.36. The number of carbonyl (C=O) groups excluding carboxylic acids is 1. The molecule has 10 nitrogen and oxygen atoms in total. The third-order valence-corrected chi connectivity index (χ3v) is 7.16. The minimum atomic E-state index is -2.01. The first-order valence-electron chi connectivity index (χ1n) is 15.8. The number of rotatable bonds is 16. The van der Waals surface area contributed by atoms with E-state index in [-0.39, 0.29) is 6.42 Å². The summed E-state index contributed by atoms with van der Waals surface area (Å²) in [6.07, 6.45) is 0.463. The Balaban J connectivity index is 2.43. The molecule has 0 bridgehead atoms. The largest absolute Gasteiger partial charge is 0.494 e. The molecule has 0 aromatic heterocycles. The van der Waals surface area contributed by atoms with E-state index in [1.165, 1.54) is 0 Å². The van der Waals surface area contributed by atoms with Crippen molar-refractivity contribution in [3.8, 4) is 17.2 Å². The van der Waals surface area contributed by atoms with Gasteiger partial charge in [0.1, 0.15) is 16.9 Å². The summed E-state index contributed by atoms with van der Waals surface area (Å²) in [5.41, 5.74) is -2.05. The fourth-order valence-electron chi connectivity index (χ4n) is 4.70. The van der Waals surface area contributed by atoms with Gasteiger partial charge in [-0.15, -0.1) is 0 Å². The van der Waals surface area contributed by atoms with Gasteiger partial charge in [-0.1, -0.05) is 23.7 Å². The summed E-state index contributed by atoms with van der Waals surface area (Å²) in [6.45, 7) is 20.8. The minimum absolute atomic E-state index is 0.186. The highest BCUT2D eigenvalue weighted by molar-refractivity contribution is 7.17. The van der Waals surface area contributed by atoms with E-state index in [1.807, 2.05) is 78.8 Å². The summed E-state index contributed by atoms with van der Waals surface area (Å²) >= 11 is 6.74. The van der Waals surface area contributed by atoms with Crippen LogP contribution in [0.25, 0.3) is 0 Å². The van der Waals surface area contributed by atoms with Crippen LogP contribution in [0.3, 0.4) is 0 Å². The van der Waals surface area contributed by atoms with Gasteiger partial charge in [-0.05, 0) is 124 Å².